The number of hydrogen-bond donors (Lipinski definition) is 0. The Bertz CT molecular complexity index is 491. The van der Waals surface area contributed by atoms with Crippen molar-refractivity contribution in [2.75, 3.05) is 0 Å². The maximum atomic E-state index is 13.4. The van der Waals surface area contributed by atoms with Gasteiger partial charge in [-0.2, -0.15) is 0 Å². The third-order valence-electron chi connectivity index (χ3n) is 2.06. The summed E-state index contributed by atoms with van der Waals surface area (Å²) < 4.78 is 21.2. The van der Waals surface area contributed by atoms with Crippen molar-refractivity contribution in [3.63, 3.8) is 0 Å². The van der Waals surface area contributed by atoms with E-state index in [4.69, 9.17) is 4.74 Å². The fraction of sp³-hybridized carbons (Fsp3) is 0.300. The summed E-state index contributed by atoms with van der Waals surface area (Å²) in [5.74, 6) is -0.184. The molecule has 0 amide bonds. The minimum Gasteiger partial charge on any atom is -0.486 e. The third-order valence-corrected chi connectivity index (χ3v) is 2.55. The van der Waals surface area contributed by atoms with Crippen molar-refractivity contribution < 1.29 is 9.13 Å². The molecule has 0 unspecified atom stereocenters. The molecule has 0 radical (unpaired) electrons. The second-order valence-electron chi connectivity index (χ2n) is 3.54. The van der Waals surface area contributed by atoms with Crippen molar-refractivity contribution in [1.82, 2.24) is 20.2 Å². The van der Waals surface area contributed by atoms with E-state index in [0.717, 1.165) is 4.47 Å². The minimum absolute atomic E-state index is 0.208. The predicted octanol–water partition coefficient (Wildman–Crippen LogP) is 2.04. The van der Waals surface area contributed by atoms with Crippen LogP contribution >= 0.6 is 15.9 Å². The average molecular weight is 301 g/mol. The number of rotatable bonds is 4. The molecule has 1 heterocycles. The zero-order valence-corrected chi connectivity index (χ0v) is 10.6. The first-order valence-corrected chi connectivity index (χ1v) is 5.77. The highest BCUT2D eigenvalue weighted by Crippen LogP contribution is 2.23. The molecule has 0 aliphatic carbocycles. The highest BCUT2D eigenvalue weighted by atomic mass is 79.9. The standard InChI is InChI=1S/C10H10BrFN4O/c1-7(5-16-6-13-14-15-16)17-10-4-8(11)2-3-9(10)12/h2-4,6-7H,5H2,1H3/t7-/m0/s1. The molecule has 1 aromatic heterocycles. The molecule has 0 spiro atoms. The maximum absolute atomic E-state index is 13.4. The van der Waals surface area contributed by atoms with E-state index in [9.17, 15) is 4.39 Å². The van der Waals surface area contributed by atoms with Gasteiger partial charge in [-0.05, 0) is 35.5 Å². The Hall–Kier alpha value is -1.50. The Balaban J connectivity index is 2.02. The van der Waals surface area contributed by atoms with Crippen LogP contribution in [0.1, 0.15) is 6.92 Å². The minimum atomic E-state index is -0.392. The van der Waals surface area contributed by atoms with Gasteiger partial charge >= 0.3 is 0 Å². The molecule has 1 atom stereocenters. The van der Waals surface area contributed by atoms with Gasteiger partial charge in [-0.15, -0.1) is 5.10 Å². The van der Waals surface area contributed by atoms with Gasteiger partial charge in [0.15, 0.2) is 11.6 Å². The van der Waals surface area contributed by atoms with Crippen LogP contribution in [0.5, 0.6) is 5.75 Å². The van der Waals surface area contributed by atoms with E-state index in [-0.39, 0.29) is 11.9 Å². The van der Waals surface area contributed by atoms with Crippen LogP contribution in [0.4, 0.5) is 4.39 Å². The van der Waals surface area contributed by atoms with Crippen LogP contribution in [-0.4, -0.2) is 26.3 Å². The Morgan fingerprint density at radius 2 is 2.35 bits per heavy atom. The number of aromatic nitrogens is 4. The fourth-order valence-electron chi connectivity index (χ4n) is 1.35. The van der Waals surface area contributed by atoms with E-state index >= 15 is 0 Å². The van der Waals surface area contributed by atoms with Crippen molar-refractivity contribution in [1.29, 1.82) is 0 Å². The van der Waals surface area contributed by atoms with Gasteiger partial charge in [0, 0.05) is 4.47 Å². The molecule has 0 N–H and O–H groups in total. The number of hydrogen-bond acceptors (Lipinski definition) is 4. The lowest BCUT2D eigenvalue weighted by atomic mass is 10.3. The summed E-state index contributed by atoms with van der Waals surface area (Å²) in [7, 11) is 0. The van der Waals surface area contributed by atoms with Gasteiger partial charge in [-0.3, -0.25) is 0 Å². The Morgan fingerprint density at radius 3 is 3.06 bits per heavy atom. The highest BCUT2D eigenvalue weighted by molar-refractivity contribution is 9.10. The highest BCUT2D eigenvalue weighted by Gasteiger charge is 2.10. The molecule has 0 saturated carbocycles. The van der Waals surface area contributed by atoms with Crippen molar-refractivity contribution in [3.8, 4) is 5.75 Å². The normalized spacial score (nSPS) is 12.4. The smallest absolute Gasteiger partial charge is 0.165 e. The van der Waals surface area contributed by atoms with E-state index in [1.54, 1.807) is 12.1 Å². The van der Waals surface area contributed by atoms with Crippen LogP contribution in [0.25, 0.3) is 0 Å². The van der Waals surface area contributed by atoms with Crippen molar-refractivity contribution in [2.45, 2.75) is 19.6 Å². The fourth-order valence-corrected chi connectivity index (χ4v) is 1.69. The number of nitrogens with zero attached hydrogens (tertiary/aromatic N) is 4. The molecule has 7 heteroatoms. The molecule has 2 aromatic rings. The lowest BCUT2D eigenvalue weighted by Crippen LogP contribution is -2.20. The van der Waals surface area contributed by atoms with E-state index in [0.29, 0.717) is 6.54 Å². The molecule has 0 aliphatic heterocycles. The first-order valence-electron chi connectivity index (χ1n) is 4.97. The summed E-state index contributed by atoms with van der Waals surface area (Å²) in [6, 6.07) is 4.56. The molecule has 5 nitrogen and oxygen atoms in total. The van der Waals surface area contributed by atoms with E-state index in [1.165, 1.54) is 17.1 Å². The largest absolute Gasteiger partial charge is 0.486 e. The van der Waals surface area contributed by atoms with Crippen molar-refractivity contribution in [2.24, 2.45) is 0 Å². The molecule has 0 aliphatic rings. The molecule has 0 bridgehead atoms. The van der Waals surface area contributed by atoms with Crippen LogP contribution in [0.2, 0.25) is 0 Å². The van der Waals surface area contributed by atoms with Crippen LogP contribution < -0.4 is 4.74 Å². The number of halogens is 2. The Labute approximate surface area is 106 Å². The number of ether oxygens (including phenoxy) is 1. The van der Waals surface area contributed by atoms with Gasteiger partial charge in [0.25, 0.3) is 0 Å². The van der Waals surface area contributed by atoms with Gasteiger partial charge in [-0.1, -0.05) is 15.9 Å². The van der Waals surface area contributed by atoms with Gasteiger partial charge in [0.2, 0.25) is 0 Å². The van der Waals surface area contributed by atoms with Gasteiger partial charge in [0.05, 0.1) is 6.54 Å². The van der Waals surface area contributed by atoms with Crippen LogP contribution in [0.3, 0.4) is 0 Å². The second-order valence-corrected chi connectivity index (χ2v) is 4.45. The maximum Gasteiger partial charge on any atom is 0.165 e. The number of tetrazole rings is 1. The molecule has 90 valence electrons. The molecule has 17 heavy (non-hydrogen) atoms. The third kappa shape index (κ3) is 3.23. The van der Waals surface area contributed by atoms with E-state index < -0.39 is 5.82 Å². The molecular weight excluding hydrogens is 291 g/mol. The summed E-state index contributed by atoms with van der Waals surface area (Å²) >= 11 is 3.26. The molecular formula is C10H10BrFN4O. The van der Waals surface area contributed by atoms with Crippen molar-refractivity contribution in [3.05, 3.63) is 34.8 Å². The zero-order chi connectivity index (χ0) is 12.3. The average Bonchev–Trinajstić information content (AvgIpc) is 2.76. The molecule has 1 aromatic carbocycles. The quantitative estimate of drug-likeness (QED) is 0.867. The van der Waals surface area contributed by atoms with Crippen molar-refractivity contribution >= 4 is 15.9 Å². The predicted molar refractivity (Wildman–Crippen MR) is 62.0 cm³/mol. The molecule has 2 rings (SSSR count). The Morgan fingerprint density at radius 1 is 1.53 bits per heavy atom. The topological polar surface area (TPSA) is 52.8 Å². The van der Waals surface area contributed by atoms with Crippen LogP contribution in [0.15, 0.2) is 29.0 Å². The lowest BCUT2D eigenvalue weighted by Gasteiger charge is -2.14. The lowest BCUT2D eigenvalue weighted by molar-refractivity contribution is 0.185. The first-order chi connectivity index (χ1) is 8.15. The summed E-state index contributed by atoms with van der Waals surface area (Å²) in [5.41, 5.74) is 0. The number of benzene rings is 1. The second kappa shape index (κ2) is 5.22. The summed E-state index contributed by atoms with van der Waals surface area (Å²) in [5, 5.41) is 10.7. The van der Waals surface area contributed by atoms with Crippen LogP contribution in [0, 0.1) is 5.82 Å². The first kappa shape index (κ1) is 12.0. The SMILES string of the molecule is C[C@@H](Cn1cnnn1)Oc1cc(Br)ccc1F. The monoisotopic (exact) mass is 300 g/mol. The summed E-state index contributed by atoms with van der Waals surface area (Å²) in [4.78, 5) is 0. The van der Waals surface area contributed by atoms with E-state index in [2.05, 4.69) is 31.5 Å². The zero-order valence-electron chi connectivity index (χ0n) is 9.05. The summed E-state index contributed by atoms with van der Waals surface area (Å²) in [6.45, 7) is 2.28. The van der Waals surface area contributed by atoms with Gasteiger partial charge in [-0.25, -0.2) is 9.07 Å². The Kier molecular flexibility index (Phi) is 3.68. The summed E-state index contributed by atoms with van der Waals surface area (Å²) in [6.07, 6.45) is 1.25. The van der Waals surface area contributed by atoms with E-state index in [1.807, 2.05) is 6.92 Å². The molecule has 0 fully saturated rings. The molecule has 0 saturated heterocycles. The van der Waals surface area contributed by atoms with Gasteiger partial charge in [0.1, 0.15) is 12.4 Å². The van der Waals surface area contributed by atoms with Gasteiger partial charge < -0.3 is 4.74 Å². The van der Waals surface area contributed by atoms with Crippen LogP contribution in [-0.2, 0) is 6.54 Å².